The molecule has 1 aliphatic rings. The van der Waals surface area contributed by atoms with Crippen molar-refractivity contribution in [1.82, 2.24) is 4.72 Å². The second-order valence-corrected chi connectivity index (χ2v) is 9.47. The van der Waals surface area contributed by atoms with Crippen LogP contribution >= 0.6 is 11.3 Å². The van der Waals surface area contributed by atoms with Gasteiger partial charge in [-0.2, -0.15) is 0 Å². The van der Waals surface area contributed by atoms with Crippen LogP contribution in [0.3, 0.4) is 0 Å². The molecule has 0 fully saturated rings. The number of fused-ring (bicyclic) bond motifs is 1. The third-order valence-corrected chi connectivity index (χ3v) is 6.78. The molecule has 31 heavy (non-hydrogen) atoms. The number of hydrogen-bond donors (Lipinski definition) is 1. The van der Waals surface area contributed by atoms with Gasteiger partial charge in [0.15, 0.2) is 6.79 Å². The Kier molecular flexibility index (Phi) is 6.33. The van der Waals surface area contributed by atoms with Crippen molar-refractivity contribution in [2.24, 2.45) is 0 Å². The summed E-state index contributed by atoms with van der Waals surface area (Å²) in [7, 11) is -3.81. The molecule has 0 bridgehead atoms. The first kappa shape index (κ1) is 21.4. The number of carbonyl (C=O) groups excluding carboxylic acids is 1. The van der Waals surface area contributed by atoms with E-state index in [4.69, 9.17) is 14.2 Å². The minimum absolute atomic E-state index is 0.0257. The highest BCUT2D eigenvalue weighted by Gasteiger charge is 2.20. The quantitative estimate of drug-likeness (QED) is 0.539. The first-order chi connectivity index (χ1) is 14.9. The first-order valence-electron chi connectivity index (χ1n) is 9.23. The molecule has 7 nitrogen and oxygen atoms in total. The Labute approximate surface area is 182 Å². The second kappa shape index (κ2) is 9.15. The maximum absolute atomic E-state index is 13.8. The molecule has 0 saturated carbocycles. The zero-order valence-electron chi connectivity index (χ0n) is 16.2. The molecule has 0 spiro atoms. The SMILES string of the molecule is O=C(OCc1cc(F)cc2c1OCOC2)c1cccc(S(=O)(=O)NCc2cccs2)c1. The molecular weight excluding hydrogens is 445 g/mol. The molecule has 0 aliphatic carbocycles. The van der Waals surface area contributed by atoms with Gasteiger partial charge in [-0.15, -0.1) is 11.3 Å². The molecule has 2 heterocycles. The molecule has 1 aliphatic heterocycles. The van der Waals surface area contributed by atoms with Gasteiger partial charge in [0.1, 0.15) is 18.2 Å². The van der Waals surface area contributed by atoms with E-state index in [0.29, 0.717) is 16.9 Å². The molecule has 3 aromatic rings. The van der Waals surface area contributed by atoms with E-state index in [2.05, 4.69) is 4.72 Å². The van der Waals surface area contributed by atoms with Crippen molar-refractivity contribution in [2.75, 3.05) is 6.79 Å². The van der Waals surface area contributed by atoms with Gasteiger partial charge in [0.2, 0.25) is 10.0 Å². The summed E-state index contributed by atoms with van der Waals surface area (Å²) in [5.74, 6) is -0.807. The predicted molar refractivity (Wildman–Crippen MR) is 111 cm³/mol. The van der Waals surface area contributed by atoms with E-state index < -0.39 is 21.8 Å². The van der Waals surface area contributed by atoms with Crippen molar-refractivity contribution < 1.29 is 31.8 Å². The Bertz CT molecular complexity index is 1190. The van der Waals surface area contributed by atoms with Crippen molar-refractivity contribution in [1.29, 1.82) is 0 Å². The zero-order chi connectivity index (χ0) is 21.8. The summed E-state index contributed by atoms with van der Waals surface area (Å²) in [5, 5.41) is 1.86. The van der Waals surface area contributed by atoms with Gasteiger partial charge in [0, 0.05) is 22.5 Å². The number of ether oxygens (including phenoxy) is 3. The van der Waals surface area contributed by atoms with E-state index >= 15 is 0 Å². The van der Waals surface area contributed by atoms with Crippen LogP contribution in [-0.4, -0.2) is 21.2 Å². The summed E-state index contributed by atoms with van der Waals surface area (Å²) >= 11 is 1.44. The fraction of sp³-hybridized carbons (Fsp3) is 0.190. The number of carbonyl (C=O) groups is 1. The molecular formula is C21H18FNO6S2. The van der Waals surface area contributed by atoms with Crippen LogP contribution < -0.4 is 9.46 Å². The van der Waals surface area contributed by atoms with Gasteiger partial charge in [-0.05, 0) is 41.8 Å². The van der Waals surface area contributed by atoms with E-state index in [9.17, 15) is 17.6 Å². The highest BCUT2D eigenvalue weighted by atomic mass is 32.2. The number of sulfonamides is 1. The van der Waals surface area contributed by atoms with Gasteiger partial charge in [-0.3, -0.25) is 0 Å². The van der Waals surface area contributed by atoms with E-state index in [1.165, 1.54) is 47.7 Å². The molecule has 0 radical (unpaired) electrons. The van der Waals surface area contributed by atoms with Crippen LogP contribution in [0.15, 0.2) is 58.8 Å². The minimum Gasteiger partial charge on any atom is -0.467 e. The molecule has 162 valence electrons. The summed E-state index contributed by atoms with van der Waals surface area (Å²) in [6, 6.07) is 11.7. The van der Waals surface area contributed by atoms with Gasteiger partial charge in [0.05, 0.1) is 17.1 Å². The lowest BCUT2D eigenvalue weighted by Crippen LogP contribution is -2.23. The number of esters is 1. The van der Waals surface area contributed by atoms with E-state index in [1.54, 1.807) is 0 Å². The lowest BCUT2D eigenvalue weighted by Gasteiger charge is -2.20. The van der Waals surface area contributed by atoms with Gasteiger partial charge >= 0.3 is 5.97 Å². The second-order valence-electron chi connectivity index (χ2n) is 6.67. The van der Waals surface area contributed by atoms with Crippen LogP contribution in [0.4, 0.5) is 4.39 Å². The highest BCUT2D eigenvalue weighted by molar-refractivity contribution is 7.89. The largest absolute Gasteiger partial charge is 0.467 e. The summed E-state index contributed by atoms with van der Waals surface area (Å²) in [6.45, 7) is 0.153. The lowest BCUT2D eigenvalue weighted by atomic mass is 10.1. The number of rotatable bonds is 7. The summed E-state index contributed by atoms with van der Waals surface area (Å²) in [4.78, 5) is 13.3. The monoisotopic (exact) mass is 463 g/mol. The van der Waals surface area contributed by atoms with Crippen LogP contribution in [0, 0.1) is 5.82 Å². The number of benzene rings is 2. The number of hydrogen-bond acceptors (Lipinski definition) is 7. The van der Waals surface area contributed by atoms with Gasteiger partial charge in [-0.1, -0.05) is 12.1 Å². The Morgan fingerprint density at radius 2 is 2.06 bits per heavy atom. The average Bonchev–Trinajstić information content (AvgIpc) is 3.30. The van der Waals surface area contributed by atoms with Crippen molar-refractivity contribution in [3.05, 3.63) is 81.3 Å². The Morgan fingerprint density at radius 3 is 2.87 bits per heavy atom. The van der Waals surface area contributed by atoms with Gasteiger partial charge in [0.25, 0.3) is 0 Å². The van der Waals surface area contributed by atoms with Crippen LogP contribution in [0.25, 0.3) is 0 Å². The normalized spacial score (nSPS) is 13.3. The first-order valence-corrected chi connectivity index (χ1v) is 11.6. The summed E-state index contributed by atoms with van der Waals surface area (Å²) < 4.78 is 57.3. The third kappa shape index (κ3) is 5.10. The molecule has 0 atom stereocenters. The Balaban J connectivity index is 1.46. The van der Waals surface area contributed by atoms with Gasteiger partial charge < -0.3 is 14.2 Å². The third-order valence-electron chi connectivity index (χ3n) is 4.51. The molecule has 4 rings (SSSR count). The van der Waals surface area contributed by atoms with Gasteiger partial charge in [-0.25, -0.2) is 22.3 Å². The molecule has 2 aromatic carbocycles. The predicted octanol–water partition coefficient (Wildman–Crippen LogP) is 3.59. The van der Waals surface area contributed by atoms with Crippen molar-refractivity contribution in [3.8, 4) is 5.75 Å². The number of nitrogens with one attached hydrogen (secondary N) is 1. The Hall–Kier alpha value is -2.79. The van der Waals surface area contributed by atoms with Crippen LogP contribution in [0.2, 0.25) is 0 Å². The molecule has 1 aromatic heterocycles. The number of halogens is 1. The molecule has 10 heteroatoms. The molecule has 0 unspecified atom stereocenters. The topological polar surface area (TPSA) is 90.9 Å². The van der Waals surface area contributed by atoms with Crippen molar-refractivity contribution >= 4 is 27.3 Å². The number of thiophene rings is 1. The molecule has 0 amide bonds. The van der Waals surface area contributed by atoms with Crippen molar-refractivity contribution in [2.45, 2.75) is 24.7 Å². The smallest absolute Gasteiger partial charge is 0.338 e. The summed E-state index contributed by atoms with van der Waals surface area (Å²) in [6.07, 6.45) is 0. The maximum Gasteiger partial charge on any atom is 0.338 e. The van der Waals surface area contributed by atoms with Crippen LogP contribution in [0.5, 0.6) is 5.75 Å². The minimum atomic E-state index is -3.81. The maximum atomic E-state index is 13.8. The van der Waals surface area contributed by atoms with Crippen LogP contribution in [-0.2, 0) is 39.3 Å². The zero-order valence-corrected chi connectivity index (χ0v) is 17.8. The van der Waals surface area contributed by atoms with E-state index in [0.717, 1.165) is 4.88 Å². The van der Waals surface area contributed by atoms with Crippen LogP contribution in [0.1, 0.15) is 26.4 Å². The summed E-state index contributed by atoms with van der Waals surface area (Å²) in [5.41, 5.74) is 0.962. The fourth-order valence-corrected chi connectivity index (χ4v) is 4.83. The fourth-order valence-electron chi connectivity index (χ4n) is 3.04. The Morgan fingerprint density at radius 1 is 1.19 bits per heavy atom. The molecule has 1 N–H and O–H groups in total. The molecule has 0 saturated heterocycles. The highest BCUT2D eigenvalue weighted by Crippen LogP contribution is 2.30. The lowest BCUT2D eigenvalue weighted by molar-refractivity contribution is -0.0182. The van der Waals surface area contributed by atoms with Crippen molar-refractivity contribution in [3.63, 3.8) is 0 Å². The average molecular weight is 464 g/mol. The van der Waals surface area contributed by atoms with E-state index in [1.807, 2.05) is 17.5 Å². The standard InChI is InChI=1S/C21H18FNO6S2/c22-17-7-15-11-27-13-29-20(15)16(8-17)12-28-21(24)14-3-1-5-19(9-14)31(25,26)23-10-18-4-2-6-30-18/h1-9,23H,10-13H2. The van der Waals surface area contributed by atoms with E-state index in [-0.39, 0.29) is 37.0 Å².